The minimum absolute atomic E-state index is 0.403. The molecule has 0 saturated carbocycles. The van der Waals surface area contributed by atoms with Gasteiger partial charge in [-0.25, -0.2) is 4.98 Å². The predicted molar refractivity (Wildman–Crippen MR) is 90.5 cm³/mol. The van der Waals surface area contributed by atoms with Crippen molar-refractivity contribution in [2.24, 2.45) is 7.05 Å². The number of fused-ring (bicyclic) bond motifs is 1. The molecule has 1 aliphatic rings. The van der Waals surface area contributed by atoms with Gasteiger partial charge >= 0.3 is 0 Å². The monoisotopic (exact) mass is 327 g/mol. The summed E-state index contributed by atoms with van der Waals surface area (Å²) in [5.41, 5.74) is 2.04. The van der Waals surface area contributed by atoms with Crippen LogP contribution in [-0.4, -0.2) is 52.0 Å². The number of aliphatic hydroxyl groups excluding tert-OH is 1. The molecule has 1 N–H and O–H groups in total. The summed E-state index contributed by atoms with van der Waals surface area (Å²) in [5, 5.41) is 9.83. The number of aryl methyl sites for hydroxylation is 1. The standard InChI is InChI=1S/C18H21N3O3/c1-20-16-5-3-2-4-15(16)19-18(20)17-7-6-14(24-17)11-21-8-9-23-12-13(22)10-21/h2-7,13,22H,8-12H2,1H3/t13-/m0/s1. The van der Waals surface area contributed by atoms with E-state index in [2.05, 4.69) is 9.88 Å². The number of aromatic nitrogens is 2. The van der Waals surface area contributed by atoms with E-state index in [0.717, 1.165) is 34.9 Å². The first-order valence-corrected chi connectivity index (χ1v) is 8.19. The highest BCUT2D eigenvalue weighted by Gasteiger charge is 2.19. The van der Waals surface area contributed by atoms with Gasteiger partial charge < -0.3 is 18.8 Å². The summed E-state index contributed by atoms with van der Waals surface area (Å²) in [7, 11) is 2.00. The summed E-state index contributed by atoms with van der Waals surface area (Å²) in [5.74, 6) is 2.45. The Morgan fingerprint density at radius 2 is 2.12 bits per heavy atom. The summed E-state index contributed by atoms with van der Waals surface area (Å²) in [6.45, 7) is 3.08. The minimum atomic E-state index is -0.443. The Balaban J connectivity index is 1.56. The Morgan fingerprint density at radius 1 is 1.25 bits per heavy atom. The molecule has 1 fully saturated rings. The van der Waals surface area contributed by atoms with Crippen molar-refractivity contribution in [1.29, 1.82) is 0 Å². The van der Waals surface area contributed by atoms with Crippen LogP contribution < -0.4 is 0 Å². The number of hydrogen-bond donors (Lipinski definition) is 1. The van der Waals surface area contributed by atoms with Crippen molar-refractivity contribution in [2.45, 2.75) is 12.6 Å². The van der Waals surface area contributed by atoms with Crippen molar-refractivity contribution in [1.82, 2.24) is 14.5 Å². The highest BCUT2D eigenvalue weighted by molar-refractivity contribution is 5.79. The molecule has 1 aromatic carbocycles. The first-order valence-electron chi connectivity index (χ1n) is 8.19. The van der Waals surface area contributed by atoms with Crippen LogP contribution in [0.4, 0.5) is 0 Å². The van der Waals surface area contributed by atoms with E-state index in [1.807, 2.05) is 48.0 Å². The lowest BCUT2D eigenvalue weighted by molar-refractivity contribution is 0.0560. The molecule has 0 spiro atoms. The summed E-state index contributed by atoms with van der Waals surface area (Å²) in [4.78, 5) is 6.81. The molecule has 126 valence electrons. The SMILES string of the molecule is Cn1c(-c2ccc(CN3CCOC[C@@H](O)C3)o2)nc2ccccc21. The molecule has 0 aliphatic carbocycles. The number of nitrogens with zero attached hydrogens (tertiary/aromatic N) is 3. The highest BCUT2D eigenvalue weighted by Crippen LogP contribution is 2.25. The van der Waals surface area contributed by atoms with Crippen molar-refractivity contribution in [3.63, 3.8) is 0 Å². The van der Waals surface area contributed by atoms with Crippen molar-refractivity contribution < 1.29 is 14.3 Å². The van der Waals surface area contributed by atoms with Crippen LogP contribution in [0.15, 0.2) is 40.8 Å². The number of furan rings is 1. The van der Waals surface area contributed by atoms with Crippen molar-refractivity contribution in [2.75, 3.05) is 26.3 Å². The third-order valence-electron chi connectivity index (χ3n) is 4.38. The third kappa shape index (κ3) is 2.96. The van der Waals surface area contributed by atoms with Gasteiger partial charge in [-0.3, -0.25) is 4.90 Å². The van der Waals surface area contributed by atoms with Gasteiger partial charge in [0.15, 0.2) is 11.6 Å². The fourth-order valence-electron chi connectivity index (χ4n) is 3.17. The summed E-state index contributed by atoms with van der Waals surface area (Å²) < 4.78 is 13.4. The molecule has 24 heavy (non-hydrogen) atoms. The zero-order valence-electron chi connectivity index (χ0n) is 13.7. The maximum absolute atomic E-state index is 9.83. The fourth-order valence-corrected chi connectivity index (χ4v) is 3.17. The molecule has 1 atom stereocenters. The summed E-state index contributed by atoms with van der Waals surface area (Å²) in [6, 6.07) is 12.0. The lowest BCUT2D eigenvalue weighted by Crippen LogP contribution is -2.32. The molecule has 3 heterocycles. The molecule has 4 rings (SSSR count). The van der Waals surface area contributed by atoms with Crippen LogP contribution in [-0.2, 0) is 18.3 Å². The topological polar surface area (TPSA) is 63.7 Å². The Bertz CT molecular complexity index is 839. The van der Waals surface area contributed by atoms with E-state index in [1.165, 1.54) is 0 Å². The normalized spacial score (nSPS) is 19.7. The van der Waals surface area contributed by atoms with Crippen molar-refractivity contribution in [3.8, 4) is 11.6 Å². The molecule has 0 radical (unpaired) electrons. The largest absolute Gasteiger partial charge is 0.456 e. The number of aliphatic hydroxyl groups is 1. The van der Waals surface area contributed by atoms with E-state index >= 15 is 0 Å². The van der Waals surface area contributed by atoms with E-state index in [4.69, 9.17) is 9.15 Å². The highest BCUT2D eigenvalue weighted by atomic mass is 16.5. The second-order valence-electron chi connectivity index (χ2n) is 6.21. The van der Waals surface area contributed by atoms with Gasteiger partial charge in [-0.2, -0.15) is 0 Å². The molecule has 1 aliphatic heterocycles. The van der Waals surface area contributed by atoms with Crippen molar-refractivity contribution >= 4 is 11.0 Å². The second-order valence-corrected chi connectivity index (χ2v) is 6.21. The smallest absolute Gasteiger partial charge is 0.176 e. The van der Waals surface area contributed by atoms with E-state index < -0.39 is 6.10 Å². The van der Waals surface area contributed by atoms with E-state index in [1.54, 1.807) is 0 Å². The lowest BCUT2D eigenvalue weighted by atomic mass is 10.3. The number of imidazole rings is 1. The molecular weight excluding hydrogens is 306 g/mol. The van der Waals surface area contributed by atoms with Gasteiger partial charge in [0.05, 0.1) is 36.9 Å². The number of rotatable bonds is 3. The van der Waals surface area contributed by atoms with Crippen LogP contribution in [0.3, 0.4) is 0 Å². The quantitative estimate of drug-likeness (QED) is 0.797. The first-order chi connectivity index (χ1) is 11.7. The van der Waals surface area contributed by atoms with Crippen LogP contribution in [0.2, 0.25) is 0 Å². The fraction of sp³-hybridized carbons (Fsp3) is 0.389. The lowest BCUT2D eigenvalue weighted by Gasteiger charge is -2.19. The maximum Gasteiger partial charge on any atom is 0.176 e. The number of para-hydroxylation sites is 2. The zero-order chi connectivity index (χ0) is 16.5. The van der Waals surface area contributed by atoms with Gasteiger partial charge in [-0.1, -0.05) is 12.1 Å². The van der Waals surface area contributed by atoms with Gasteiger partial charge in [0, 0.05) is 20.1 Å². The molecule has 0 amide bonds. The van der Waals surface area contributed by atoms with E-state index in [0.29, 0.717) is 26.3 Å². The van der Waals surface area contributed by atoms with Crippen LogP contribution in [0.5, 0.6) is 0 Å². The van der Waals surface area contributed by atoms with E-state index in [-0.39, 0.29) is 0 Å². The zero-order valence-corrected chi connectivity index (χ0v) is 13.7. The van der Waals surface area contributed by atoms with Crippen LogP contribution in [0, 0.1) is 0 Å². The van der Waals surface area contributed by atoms with Gasteiger partial charge in [-0.05, 0) is 24.3 Å². The Hall–Kier alpha value is -2.15. The van der Waals surface area contributed by atoms with Gasteiger partial charge in [0.25, 0.3) is 0 Å². The molecule has 3 aromatic rings. The van der Waals surface area contributed by atoms with Crippen LogP contribution >= 0.6 is 0 Å². The Morgan fingerprint density at radius 3 is 3.00 bits per heavy atom. The Kier molecular flexibility index (Phi) is 4.10. The van der Waals surface area contributed by atoms with Gasteiger partial charge in [0.1, 0.15) is 5.76 Å². The second kappa shape index (κ2) is 6.39. The summed E-state index contributed by atoms with van der Waals surface area (Å²) in [6.07, 6.45) is -0.443. The van der Waals surface area contributed by atoms with Crippen LogP contribution in [0.1, 0.15) is 5.76 Å². The predicted octanol–water partition coefficient (Wildman–Crippen LogP) is 2.03. The molecule has 2 aromatic heterocycles. The molecule has 0 unspecified atom stereocenters. The van der Waals surface area contributed by atoms with Crippen LogP contribution in [0.25, 0.3) is 22.6 Å². The van der Waals surface area contributed by atoms with Gasteiger partial charge in [-0.15, -0.1) is 0 Å². The average molecular weight is 327 g/mol. The van der Waals surface area contributed by atoms with E-state index in [9.17, 15) is 5.11 Å². The van der Waals surface area contributed by atoms with Crippen molar-refractivity contribution in [3.05, 3.63) is 42.2 Å². The number of benzene rings is 1. The molecule has 0 bridgehead atoms. The average Bonchev–Trinajstić information content (AvgIpc) is 3.10. The first kappa shape index (κ1) is 15.4. The Labute approximate surface area is 140 Å². The van der Waals surface area contributed by atoms with Gasteiger partial charge in [0.2, 0.25) is 0 Å². The third-order valence-corrected chi connectivity index (χ3v) is 4.38. The molecule has 6 heteroatoms. The number of β-amino-alcohol motifs (C(OH)–C–C–N with tert-alkyl or cyclic N) is 1. The maximum atomic E-state index is 9.83. The number of hydrogen-bond acceptors (Lipinski definition) is 5. The molecular formula is C18H21N3O3. The number of ether oxygens (including phenoxy) is 1. The summed E-state index contributed by atoms with van der Waals surface area (Å²) >= 11 is 0. The molecule has 6 nitrogen and oxygen atoms in total. The minimum Gasteiger partial charge on any atom is -0.456 e. The molecule has 1 saturated heterocycles.